The Labute approximate surface area is 111 Å². The highest BCUT2D eigenvalue weighted by molar-refractivity contribution is 5.43. The van der Waals surface area contributed by atoms with Gasteiger partial charge in [-0.25, -0.2) is 0 Å². The molecule has 0 aliphatic heterocycles. The molecule has 1 aromatic carbocycles. The van der Waals surface area contributed by atoms with Crippen LogP contribution in [0, 0.1) is 6.92 Å². The van der Waals surface area contributed by atoms with Gasteiger partial charge in [0.15, 0.2) is 17.3 Å². The predicted molar refractivity (Wildman–Crippen MR) is 69.2 cm³/mol. The number of aryl methyl sites for hydroxylation is 1. The van der Waals surface area contributed by atoms with Crippen LogP contribution in [0.3, 0.4) is 0 Å². The zero-order valence-electron chi connectivity index (χ0n) is 11.2. The summed E-state index contributed by atoms with van der Waals surface area (Å²) in [4.78, 5) is 0. The van der Waals surface area contributed by atoms with Gasteiger partial charge in [-0.1, -0.05) is 11.2 Å². The van der Waals surface area contributed by atoms with Crippen LogP contribution in [0.4, 0.5) is 0 Å². The monoisotopic (exact) mass is 263 g/mol. The Hall–Kier alpha value is -2.01. The van der Waals surface area contributed by atoms with Crippen LogP contribution in [0.5, 0.6) is 11.5 Å². The average Bonchev–Trinajstić information content (AvgIpc) is 2.81. The molecule has 102 valence electrons. The molecule has 0 radical (unpaired) electrons. The second-order valence-corrected chi connectivity index (χ2v) is 4.31. The van der Waals surface area contributed by atoms with Crippen LogP contribution in [0.15, 0.2) is 28.8 Å². The summed E-state index contributed by atoms with van der Waals surface area (Å²) in [6.45, 7) is 3.84. The van der Waals surface area contributed by atoms with Crippen molar-refractivity contribution in [3.05, 3.63) is 41.3 Å². The van der Waals surface area contributed by atoms with Gasteiger partial charge in [0.05, 0.1) is 18.9 Å². The SMILES string of the molecule is COc1cc([C@@H](C)O)ccc1OCc1cc(C)no1. The lowest BCUT2D eigenvalue weighted by Crippen LogP contribution is -1.98. The number of hydrogen-bond acceptors (Lipinski definition) is 5. The molecule has 5 heteroatoms. The summed E-state index contributed by atoms with van der Waals surface area (Å²) >= 11 is 0. The average molecular weight is 263 g/mol. The first-order valence-electron chi connectivity index (χ1n) is 6.01. The molecule has 1 atom stereocenters. The topological polar surface area (TPSA) is 64.7 Å². The molecule has 0 fully saturated rings. The first-order valence-corrected chi connectivity index (χ1v) is 6.01. The summed E-state index contributed by atoms with van der Waals surface area (Å²) in [6.07, 6.45) is -0.542. The zero-order valence-corrected chi connectivity index (χ0v) is 11.2. The van der Waals surface area contributed by atoms with Gasteiger partial charge in [-0.2, -0.15) is 0 Å². The molecule has 19 heavy (non-hydrogen) atoms. The maximum Gasteiger partial charge on any atom is 0.174 e. The number of aliphatic hydroxyl groups is 1. The maximum atomic E-state index is 9.53. The fourth-order valence-electron chi connectivity index (χ4n) is 1.70. The van der Waals surface area contributed by atoms with Crippen molar-refractivity contribution in [1.29, 1.82) is 0 Å². The van der Waals surface area contributed by atoms with E-state index < -0.39 is 6.10 Å². The van der Waals surface area contributed by atoms with Gasteiger partial charge >= 0.3 is 0 Å². The normalized spacial score (nSPS) is 12.2. The van der Waals surface area contributed by atoms with E-state index in [2.05, 4.69) is 5.16 Å². The van der Waals surface area contributed by atoms with Crippen molar-refractivity contribution in [2.75, 3.05) is 7.11 Å². The molecule has 0 unspecified atom stereocenters. The Morgan fingerprint density at radius 2 is 2.11 bits per heavy atom. The van der Waals surface area contributed by atoms with Gasteiger partial charge < -0.3 is 19.1 Å². The van der Waals surface area contributed by atoms with Crippen LogP contribution in [-0.4, -0.2) is 17.4 Å². The molecule has 0 saturated heterocycles. The van der Waals surface area contributed by atoms with E-state index in [1.807, 2.05) is 13.0 Å². The highest BCUT2D eigenvalue weighted by Gasteiger charge is 2.10. The number of methoxy groups -OCH3 is 1. The van der Waals surface area contributed by atoms with Gasteiger partial charge in [0.25, 0.3) is 0 Å². The van der Waals surface area contributed by atoms with Crippen molar-refractivity contribution in [2.24, 2.45) is 0 Å². The van der Waals surface area contributed by atoms with Gasteiger partial charge in [0, 0.05) is 6.07 Å². The Morgan fingerprint density at radius 3 is 2.68 bits per heavy atom. The summed E-state index contributed by atoms with van der Waals surface area (Å²) in [5.41, 5.74) is 1.59. The fourth-order valence-corrected chi connectivity index (χ4v) is 1.70. The van der Waals surface area contributed by atoms with Gasteiger partial charge in [-0.15, -0.1) is 0 Å². The second kappa shape index (κ2) is 5.75. The van der Waals surface area contributed by atoms with Gasteiger partial charge in [-0.3, -0.25) is 0 Å². The molecule has 0 amide bonds. The van der Waals surface area contributed by atoms with Crippen molar-refractivity contribution in [3.8, 4) is 11.5 Å². The van der Waals surface area contributed by atoms with Gasteiger partial charge in [0.1, 0.15) is 6.61 Å². The quantitative estimate of drug-likeness (QED) is 0.898. The molecule has 0 bridgehead atoms. The van der Waals surface area contributed by atoms with Crippen LogP contribution < -0.4 is 9.47 Å². The van der Waals surface area contributed by atoms with E-state index >= 15 is 0 Å². The Morgan fingerprint density at radius 1 is 1.32 bits per heavy atom. The van der Waals surface area contributed by atoms with Crippen molar-refractivity contribution < 1.29 is 19.1 Å². The third-order valence-corrected chi connectivity index (χ3v) is 2.72. The minimum Gasteiger partial charge on any atom is -0.493 e. The largest absolute Gasteiger partial charge is 0.493 e. The summed E-state index contributed by atoms with van der Waals surface area (Å²) in [6, 6.07) is 7.14. The molecule has 2 rings (SSSR count). The van der Waals surface area contributed by atoms with Crippen molar-refractivity contribution >= 4 is 0 Å². The second-order valence-electron chi connectivity index (χ2n) is 4.31. The van der Waals surface area contributed by atoms with E-state index in [1.165, 1.54) is 0 Å². The Bertz CT molecular complexity index is 548. The molecule has 0 spiro atoms. The highest BCUT2D eigenvalue weighted by atomic mass is 16.5. The first kappa shape index (κ1) is 13.4. The van der Waals surface area contributed by atoms with E-state index in [0.717, 1.165) is 11.3 Å². The van der Waals surface area contributed by atoms with Crippen molar-refractivity contribution in [1.82, 2.24) is 5.16 Å². The van der Waals surface area contributed by atoms with Crippen LogP contribution in [0.2, 0.25) is 0 Å². The Balaban J connectivity index is 2.11. The third-order valence-electron chi connectivity index (χ3n) is 2.72. The van der Waals surface area contributed by atoms with Crippen LogP contribution in [0.1, 0.15) is 30.0 Å². The lowest BCUT2D eigenvalue weighted by Gasteiger charge is -2.12. The van der Waals surface area contributed by atoms with E-state index in [-0.39, 0.29) is 6.61 Å². The highest BCUT2D eigenvalue weighted by Crippen LogP contribution is 2.30. The zero-order chi connectivity index (χ0) is 13.8. The molecule has 0 aliphatic carbocycles. The van der Waals surface area contributed by atoms with Crippen molar-refractivity contribution in [3.63, 3.8) is 0 Å². The molecule has 5 nitrogen and oxygen atoms in total. The number of rotatable bonds is 5. The number of aliphatic hydroxyl groups excluding tert-OH is 1. The third kappa shape index (κ3) is 3.26. The molecular formula is C14H17NO4. The predicted octanol–water partition coefficient (Wildman–Crippen LogP) is 2.62. The number of benzene rings is 1. The van der Waals surface area contributed by atoms with E-state index in [4.69, 9.17) is 14.0 Å². The van der Waals surface area contributed by atoms with E-state index in [1.54, 1.807) is 32.2 Å². The van der Waals surface area contributed by atoms with Crippen molar-refractivity contribution in [2.45, 2.75) is 26.6 Å². The smallest absolute Gasteiger partial charge is 0.174 e. The molecule has 0 aliphatic rings. The molecule has 2 aromatic rings. The van der Waals surface area contributed by atoms with Gasteiger partial charge in [-0.05, 0) is 31.5 Å². The minimum atomic E-state index is -0.542. The minimum absolute atomic E-state index is 0.283. The summed E-state index contributed by atoms with van der Waals surface area (Å²) in [5.74, 6) is 1.83. The number of ether oxygens (including phenoxy) is 2. The van der Waals surface area contributed by atoms with Crippen LogP contribution in [0.25, 0.3) is 0 Å². The van der Waals surface area contributed by atoms with Crippen LogP contribution in [-0.2, 0) is 6.61 Å². The van der Waals surface area contributed by atoms with Gasteiger partial charge in [0.2, 0.25) is 0 Å². The Kier molecular flexibility index (Phi) is 4.06. The molecule has 1 heterocycles. The standard InChI is InChI=1S/C14H17NO4/c1-9-6-12(19-15-9)8-18-13-5-4-11(10(2)16)7-14(13)17-3/h4-7,10,16H,8H2,1-3H3/t10-/m1/s1. The number of aromatic nitrogens is 1. The van der Waals surface area contributed by atoms with E-state index in [0.29, 0.717) is 17.3 Å². The summed E-state index contributed by atoms with van der Waals surface area (Å²) < 4.78 is 15.9. The molecular weight excluding hydrogens is 246 g/mol. The maximum absolute atomic E-state index is 9.53. The molecule has 1 aromatic heterocycles. The lowest BCUT2D eigenvalue weighted by atomic mass is 10.1. The van der Waals surface area contributed by atoms with E-state index in [9.17, 15) is 5.11 Å². The molecule has 1 N–H and O–H groups in total. The number of nitrogens with zero attached hydrogens (tertiary/aromatic N) is 1. The first-order chi connectivity index (χ1) is 9.10. The fraction of sp³-hybridized carbons (Fsp3) is 0.357. The lowest BCUT2D eigenvalue weighted by molar-refractivity contribution is 0.198. The molecule has 0 saturated carbocycles. The summed E-state index contributed by atoms with van der Waals surface area (Å²) in [7, 11) is 1.56. The summed E-state index contributed by atoms with van der Waals surface area (Å²) in [5, 5.41) is 13.3. The van der Waals surface area contributed by atoms with Crippen LogP contribution >= 0.6 is 0 Å². The number of hydrogen-bond donors (Lipinski definition) is 1.